The van der Waals surface area contributed by atoms with Crippen molar-refractivity contribution < 1.29 is 33.4 Å². The van der Waals surface area contributed by atoms with Gasteiger partial charge in [0, 0.05) is 11.5 Å². The second-order valence-corrected chi connectivity index (χ2v) is 9.83. The van der Waals surface area contributed by atoms with E-state index in [0.717, 1.165) is 12.0 Å². The van der Waals surface area contributed by atoms with Crippen LogP contribution in [0.1, 0.15) is 32.7 Å². The summed E-state index contributed by atoms with van der Waals surface area (Å²) in [5.41, 5.74) is 1.79. The number of ketones is 1. The van der Waals surface area contributed by atoms with Crippen molar-refractivity contribution in [3.63, 3.8) is 0 Å². The van der Waals surface area contributed by atoms with Crippen LogP contribution in [0.15, 0.2) is 48.5 Å². The third kappa shape index (κ3) is 3.86. The molecular weight excluding hydrogens is 492 g/mol. The number of hydrogen-bond donors (Lipinski definition) is 0. The summed E-state index contributed by atoms with van der Waals surface area (Å²) < 4.78 is 16.0. The third-order valence-corrected chi connectivity index (χ3v) is 8.01. The van der Waals surface area contributed by atoms with Crippen molar-refractivity contribution in [1.29, 1.82) is 0 Å². The molecule has 33 heavy (non-hydrogen) atoms. The predicted octanol–water partition coefficient (Wildman–Crippen LogP) is 3.51. The first-order valence-corrected chi connectivity index (χ1v) is 11.7. The van der Waals surface area contributed by atoms with Crippen LogP contribution in [0, 0.1) is 30.6 Å². The standard InChI is InChI=1S/C25H21BrO7/c1-12-2-4-14(5-3-12)23(28)32-15-8-6-13(7-9-15)18(27)11-31-24(29)19-16-10-17-20(19)25(30)33-22(17)21(16)26/h2-9,16-17,19-22H,10-11H2,1H3/t16-,17-,19-,20-,21+,22+/m1/s1. The first-order chi connectivity index (χ1) is 15.8. The molecule has 0 amide bonds. The first kappa shape index (κ1) is 21.8. The minimum absolute atomic E-state index is 0.0263. The van der Waals surface area contributed by atoms with E-state index >= 15 is 0 Å². The topological polar surface area (TPSA) is 96.0 Å². The fourth-order valence-electron chi connectivity index (χ4n) is 5.18. The van der Waals surface area contributed by atoms with Crippen LogP contribution in [0.2, 0.25) is 0 Å². The average Bonchev–Trinajstić information content (AvgIpc) is 3.42. The maximum Gasteiger partial charge on any atom is 0.343 e. The van der Waals surface area contributed by atoms with E-state index in [-0.39, 0.29) is 34.5 Å². The molecule has 2 aromatic rings. The lowest BCUT2D eigenvalue weighted by molar-refractivity contribution is -0.154. The lowest BCUT2D eigenvalue weighted by Gasteiger charge is -2.26. The summed E-state index contributed by atoms with van der Waals surface area (Å²) in [4.78, 5) is 49.6. The number of ether oxygens (including phenoxy) is 3. The molecule has 2 saturated carbocycles. The molecule has 3 fully saturated rings. The smallest absolute Gasteiger partial charge is 0.343 e. The van der Waals surface area contributed by atoms with Crippen LogP contribution in [0.4, 0.5) is 0 Å². The van der Waals surface area contributed by atoms with Gasteiger partial charge in [-0.3, -0.25) is 14.4 Å². The second kappa shape index (κ2) is 8.41. The van der Waals surface area contributed by atoms with Crippen molar-refractivity contribution in [1.82, 2.24) is 0 Å². The summed E-state index contributed by atoms with van der Waals surface area (Å²) in [5, 5.41) is 0. The number of benzene rings is 2. The summed E-state index contributed by atoms with van der Waals surface area (Å²) in [6, 6.07) is 13.1. The molecule has 8 heteroatoms. The van der Waals surface area contributed by atoms with Crippen molar-refractivity contribution in [2.45, 2.75) is 24.3 Å². The number of esters is 3. The Labute approximate surface area is 198 Å². The Bertz CT molecular complexity index is 1120. The van der Waals surface area contributed by atoms with Gasteiger partial charge >= 0.3 is 17.9 Å². The minimum Gasteiger partial charge on any atom is -0.461 e. The molecule has 7 nitrogen and oxygen atoms in total. The van der Waals surface area contributed by atoms with Crippen LogP contribution in [0.5, 0.6) is 5.75 Å². The lowest BCUT2D eigenvalue weighted by atomic mass is 9.80. The average molecular weight is 513 g/mol. The zero-order valence-corrected chi connectivity index (χ0v) is 19.3. The van der Waals surface area contributed by atoms with E-state index in [0.29, 0.717) is 16.9 Å². The van der Waals surface area contributed by atoms with Crippen molar-refractivity contribution in [2.24, 2.45) is 23.7 Å². The Kier molecular flexibility index (Phi) is 5.56. The summed E-state index contributed by atoms with van der Waals surface area (Å²) in [7, 11) is 0. The molecule has 5 rings (SSSR count). The maximum absolute atomic E-state index is 12.7. The van der Waals surface area contributed by atoms with Crippen LogP contribution in [0.25, 0.3) is 0 Å². The second-order valence-electron chi connectivity index (χ2n) is 8.77. The SMILES string of the molecule is Cc1ccc(C(=O)Oc2ccc(C(=O)COC(=O)[C@@H]3[C@H]4C[C@H]5[C@H](OC(=O)[C@H]53)[C@H]4Br)cc2)cc1. The monoisotopic (exact) mass is 512 g/mol. The molecule has 1 heterocycles. The van der Waals surface area contributed by atoms with Gasteiger partial charge in [0.05, 0.1) is 22.2 Å². The zero-order chi connectivity index (χ0) is 23.3. The number of alkyl halides is 1. The van der Waals surface area contributed by atoms with Gasteiger partial charge in [-0.15, -0.1) is 0 Å². The number of fused-ring (bicyclic) bond motifs is 1. The summed E-state index contributed by atoms with van der Waals surface area (Å²) in [6.45, 7) is 1.50. The minimum atomic E-state index is -0.581. The molecule has 1 saturated heterocycles. The van der Waals surface area contributed by atoms with Gasteiger partial charge in [-0.25, -0.2) is 4.79 Å². The van der Waals surface area contributed by atoms with E-state index in [1.54, 1.807) is 12.1 Å². The van der Waals surface area contributed by atoms with Crippen LogP contribution in [-0.4, -0.2) is 41.2 Å². The molecule has 6 atom stereocenters. The molecule has 3 aliphatic rings. The van der Waals surface area contributed by atoms with Gasteiger partial charge in [0.15, 0.2) is 12.4 Å². The molecule has 0 unspecified atom stereocenters. The van der Waals surface area contributed by atoms with Gasteiger partial charge in [0.1, 0.15) is 11.9 Å². The Morgan fingerprint density at radius 3 is 2.36 bits per heavy atom. The highest BCUT2D eigenvalue weighted by atomic mass is 79.9. The van der Waals surface area contributed by atoms with Gasteiger partial charge in [-0.1, -0.05) is 33.6 Å². The van der Waals surface area contributed by atoms with Crippen molar-refractivity contribution in [3.8, 4) is 5.75 Å². The highest BCUT2D eigenvalue weighted by Gasteiger charge is 2.68. The third-order valence-electron chi connectivity index (χ3n) is 6.81. The van der Waals surface area contributed by atoms with Crippen LogP contribution in [-0.2, 0) is 19.1 Å². The molecule has 0 spiro atoms. The van der Waals surface area contributed by atoms with E-state index in [1.807, 2.05) is 19.1 Å². The Morgan fingerprint density at radius 1 is 1.00 bits per heavy atom. The molecule has 2 aliphatic carbocycles. The molecule has 1 aliphatic heterocycles. The summed E-state index contributed by atoms with van der Waals surface area (Å²) in [6.07, 6.45) is 0.574. The van der Waals surface area contributed by atoms with Gasteiger partial charge in [0.25, 0.3) is 0 Å². The number of aryl methyl sites for hydroxylation is 1. The zero-order valence-electron chi connectivity index (χ0n) is 17.7. The first-order valence-electron chi connectivity index (χ1n) is 10.8. The molecule has 0 radical (unpaired) electrons. The van der Waals surface area contributed by atoms with Crippen molar-refractivity contribution >= 4 is 39.6 Å². The Hall–Kier alpha value is -3.00. The maximum atomic E-state index is 12.7. The van der Waals surface area contributed by atoms with Crippen molar-refractivity contribution in [2.75, 3.05) is 6.61 Å². The summed E-state index contributed by atoms with van der Waals surface area (Å²) >= 11 is 3.56. The molecule has 170 valence electrons. The predicted molar refractivity (Wildman–Crippen MR) is 119 cm³/mol. The molecule has 2 aromatic carbocycles. The number of carbonyl (C=O) groups is 4. The Balaban J connectivity index is 1.17. The fourth-order valence-corrected chi connectivity index (χ4v) is 6.22. The summed E-state index contributed by atoms with van der Waals surface area (Å²) in [5.74, 6) is -2.51. The van der Waals surface area contributed by atoms with Crippen molar-refractivity contribution in [3.05, 3.63) is 65.2 Å². The number of Topliss-reactive ketones (excluding diaryl/α,β-unsaturated/α-hetero) is 1. The highest BCUT2D eigenvalue weighted by molar-refractivity contribution is 9.09. The van der Waals surface area contributed by atoms with E-state index in [2.05, 4.69) is 15.9 Å². The molecule has 2 bridgehead atoms. The molecular formula is C25H21BrO7. The van der Waals surface area contributed by atoms with Gasteiger partial charge in [0.2, 0.25) is 0 Å². The number of rotatable bonds is 6. The van der Waals surface area contributed by atoms with Gasteiger partial charge in [-0.2, -0.15) is 0 Å². The van der Waals surface area contributed by atoms with Gasteiger partial charge < -0.3 is 14.2 Å². The van der Waals surface area contributed by atoms with E-state index in [9.17, 15) is 19.2 Å². The largest absolute Gasteiger partial charge is 0.461 e. The quantitative estimate of drug-likeness (QED) is 0.253. The Morgan fingerprint density at radius 2 is 1.67 bits per heavy atom. The molecule has 0 N–H and O–H groups in total. The van der Waals surface area contributed by atoms with E-state index < -0.39 is 30.4 Å². The van der Waals surface area contributed by atoms with E-state index in [1.165, 1.54) is 24.3 Å². The number of hydrogen-bond acceptors (Lipinski definition) is 7. The normalized spacial score (nSPS) is 29.0. The highest BCUT2D eigenvalue weighted by Crippen LogP contribution is 2.60. The molecule has 0 aromatic heterocycles. The van der Waals surface area contributed by atoms with Crippen LogP contribution < -0.4 is 4.74 Å². The number of halogens is 1. The number of carbonyl (C=O) groups excluding carboxylic acids is 4. The fraction of sp³-hybridized carbons (Fsp3) is 0.360. The lowest BCUT2D eigenvalue weighted by Crippen LogP contribution is -2.39. The van der Waals surface area contributed by atoms with E-state index in [4.69, 9.17) is 14.2 Å². The van der Waals surface area contributed by atoms with Gasteiger partial charge in [-0.05, 0) is 55.7 Å². The van der Waals surface area contributed by atoms with Crippen LogP contribution in [0.3, 0.4) is 0 Å². The van der Waals surface area contributed by atoms with Crippen LogP contribution >= 0.6 is 15.9 Å².